The lowest BCUT2D eigenvalue weighted by molar-refractivity contribution is -0.960. The first-order chi connectivity index (χ1) is 11.6. The molecule has 1 aliphatic heterocycles. The van der Waals surface area contributed by atoms with Gasteiger partial charge in [-0.3, -0.25) is 4.79 Å². The zero-order valence-electron chi connectivity index (χ0n) is 15.0. The molecule has 0 spiro atoms. The molecule has 2 aliphatic rings. The van der Waals surface area contributed by atoms with Gasteiger partial charge in [0.15, 0.2) is 0 Å². The van der Waals surface area contributed by atoms with Gasteiger partial charge in [-0.2, -0.15) is 0 Å². The number of carbonyl (C=O) groups is 1. The Morgan fingerprint density at radius 1 is 1.21 bits per heavy atom. The highest BCUT2D eigenvalue weighted by atomic mass is 16.5. The summed E-state index contributed by atoms with van der Waals surface area (Å²) in [6, 6.07) is 0. The number of aryl methyl sites for hydroxylation is 2. The number of amides is 1. The lowest BCUT2D eigenvalue weighted by atomic mass is 9.79. The van der Waals surface area contributed by atoms with E-state index in [0.717, 1.165) is 49.9 Å². The number of nitrogens with zero attached hydrogens (tertiary/aromatic N) is 1. The van der Waals surface area contributed by atoms with E-state index in [9.17, 15) is 4.79 Å². The monoisotopic (exact) mass is 336 g/mol. The smallest absolute Gasteiger partial charge is 0.224 e. The summed E-state index contributed by atoms with van der Waals surface area (Å²) in [6.45, 7) is 8.31. The fourth-order valence-electron chi connectivity index (χ4n) is 4.28. The maximum Gasteiger partial charge on any atom is 0.224 e. The summed E-state index contributed by atoms with van der Waals surface area (Å²) >= 11 is 0. The van der Waals surface area contributed by atoms with Crippen LogP contribution < -0.4 is 10.2 Å². The first kappa shape index (κ1) is 17.4. The van der Waals surface area contributed by atoms with Crippen LogP contribution in [0.3, 0.4) is 0 Å². The number of quaternary nitrogens is 1. The fourth-order valence-corrected chi connectivity index (χ4v) is 4.28. The highest BCUT2D eigenvalue weighted by Crippen LogP contribution is 2.25. The Morgan fingerprint density at radius 2 is 1.92 bits per heavy atom. The largest absolute Gasteiger partial charge is 0.370 e. The Hall–Kier alpha value is -1.40. The van der Waals surface area contributed by atoms with E-state index >= 15 is 0 Å². The topological polar surface area (TPSA) is 68.8 Å². The predicted molar refractivity (Wildman–Crippen MR) is 90.0 cm³/mol. The summed E-state index contributed by atoms with van der Waals surface area (Å²) in [4.78, 5) is 14.1. The average Bonchev–Trinajstić information content (AvgIpc) is 2.93. The molecule has 1 aromatic heterocycles. The highest BCUT2D eigenvalue weighted by Gasteiger charge is 2.42. The molecule has 3 rings (SSSR count). The van der Waals surface area contributed by atoms with Crippen molar-refractivity contribution >= 4 is 5.91 Å². The number of morpholine rings is 1. The van der Waals surface area contributed by atoms with Gasteiger partial charge in [0.1, 0.15) is 24.4 Å². The molecule has 0 aromatic carbocycles. The Bertz CT molecular complexity index is 538. The van der Waals surface area contributed by atoms with E-state index in [1.165, 1.54) is 32.1 Å². The molecule has 6 heteroatoms. The number of carbonyl (C=O) groups excluding carboxylic acids is 1. The molecule has 2 N–H and O–H groups in total. The van der Waals surface area contributed by atoms with Crippen LogP contribution in [0.1, 0.15) is 49.1 Å². The molecule has 6 nitrogen and oxygen atoms in total. The second-order valence-electron chi connectivity index (χ2n) is 7.31. The molecule has 1 aromatic rings. The molecule has 0 atom stereocenters. The third-order valence-electron chi connectivity index (χ3n) is 5.80. The van der Waals surface area contributed by atoms with Gasteiger partial charge in [-0.15, -0.1) is 0 Å². The van der Waals surface area contributed by atoms with Crippen molar-refractivity contribution < 1.29 is 19.0 Å². The summed E-state index contributed by atoms with van der Waals surface area (Å²) in [5.74, 6) is 0.816. The lowest BCUT2D eigenvalue weighted by Gasteiger charge is -2.45. The third-order valence-corrected chi connectivity index (χ3v) is 5.80. The second-order valence-corrected chi connectivity index (χ2v) is 7.31. The van der Waals surface area contributed by atoms with Crippen molar-refractivity contribution in [2.24, 2.45) is 0 Å². The highest BCUT2D eigenvalue weighted by molar-refractivity contribution is 5.79. The van der Waals surface area contributed by atoms with Crippen LogP contribution in [0.2, 0.25) is 0 Å². The molecule has 0 bridgehead atoms. The van der Waals surface area contributed by atoms with Gasteiger partial charge in [-0.25, -0.2) is 0 Å². The fraction of sp³-hybridized carbons (Fsp3) is 0.778. The molecule has 2 heterocycles. The van der Waals surface area contributed by atoms with Crippen molar-refractivity contribution in [2.75, 3.05) is 32.8 Å². The minimum absolute atomic E-state index is 0.0713. The second kappa shape index (κ2) is 7.66. The van der Waals surface area contributed by atoms with E-state index in [-0.39, 0.29) is 11.4 Å². The van der Waals surface area contributed by atoms with Crippen LogP contribution in [0.4, 0.5) is 0 Å². The Balaban J connectivity index is 1.61. The molecule has 2 fully saturated rings. The Morgan fingerprint density at radius 3 is 2.54 bits per heavy atom. The van der Waals surface area contributed by atoms with E-state index in [1.54, 1.807) is 4.90 Å². The molecule has 24 heavy (non-hydrogen) atoms. The maximum atomic E-state index is 12.5. The zero-order chi connectivity index (χ0) is 17.0. The molecule has 0 unspecified atom stereocenters. The number of aromatic nitrogens is 1. The molecule has 1 aliphatic carbocycles. The van der Waals surface area contributed by atoms with Crippen LogP contribution in [0.25, 0.3) is 0 Å². The molecule has 0 radical (unpaired) electrons. The van der Waals surface area contributed by atoms with E-state index in [4.69, 9.17) is 9.26 Å². The molecule has 1 saturated heterocycles. The lowest BCUT2D eigenvalue weighted by Crippen LogP contribution is -3.23. The van der Waals surface area contributed by atoms with E-state index in [0.29, 0.717) is 6.42 Å². The van der Waals surface area contributed by atoms with Crippen molar-refractivity contribution in [2.45, 2.75) is 57.9 Å². The van der Waals surface area contributed by atoms with Crippen LogP contribution >= 0.6 is 0 Å². The predicted octanol–water partition coefficient (Wildman–Crippen LogP) is 0.568. The summed E-state index contributed by atoms with van der Waals surface area (Å²) in [5.41, 5.74) is 1.92. The van der Waals surface area contributed by atoms with Gasteiger partial charge in [0.25, 0.3) is 0 Å². The van der Waals surface area contributed by atoms with Gasteiger partial charge in [-0.1, -0.05) is 11.6 Å². The van der Waals surface area contributed by atoms with Crippen LogP contribution in [-0.2, 0) is 16.0 Å². The van der Waals surface area contributed by atoms with Crippen molar-refractivity contribution in [3.8, 4) is 0 Å². The summed E-state index contributed by atoms with van der Waals surface area (Å²) in [7, 11) is 0. The minimum Gasteiger partial charge on any atom is -0.370 e. The van der Waals surface area contributed by atoms with Gasteiger partial charge in [0.05, 0.1) is 31.9 Å². The van der Waals surface area contributed by atoms with Crippen LogP contribution in [0.15, 0.2) is 4.52 Å². The normalized spacial score (nSPS) is 21.6. The number of rotatable bonds is 5. The van der Waals surface area contributed by atoms with Crippen molar-refractivity contribution in [3.05, 3.63) is 17.0 Å². The van der Waals surface area contributed by atoms with E-state index in [2.05, 4.69) is 10.5 Å². The molecular formula is C18H30N3O3+. The van der Waals surface area contributed by atoms with Gasteiger partial charge < -0.3 is 19.5 Å². The minimum atomic E-state index is 0.0713. The van der Waals surface area contributed by atoms with Gasteiger partial charge in [-0.05, 0) is 26.7 Å². The number of hydrogen-bond acceptors (Lipinski definition) is 4. The van der Waals surface area contributed by atoms with Crippen LogP contribution in [-0.4, -0.2) is 49.5 Å². The maximum absolute atomic E-state index is 12.5. The van der Waals surface area contributed by atoms with Gasteiger partial charge in [0, 0.05) is 18.4 Å². The van der Waals surface area contributed by atoms with Gasteiger partial charge >= 0.3 is 0 Å². The number of nitrogens with one attached hydrogen (secondary N) is 2. The third kappa shape index (κ3) is 3.81. The molecule has 1 amide bonds. The standard InChI is InChI=1S/C18H29N3O3/c1-14-16(15(2)24-20-14)12-17(22)19-13-18(6-4-3-5-7-18)21-8-10-23-11-9-21/h3-13H2,1-2H3,(H,19,22)/p+1. The van der Waals surface area contributed by atoms with Crippen LogP contribution in [0.5, 0.6) is 0 Å². The average molecular weight is 336 g/mol. The van der Waals surface area contributed by atoms with Crippen molar-refractivity contribution in [1.29, 1.82) is 0 Å². The summed E-state index contributed by atoms with van der Waals surface area (Å²) in [6.07, 6.45) is 6.62. The zero-order valence-corrected chi connectivity index (χ0v) is 15.0. The van der Waals surface area contributed by atoms with Crippen molar-refractivity contribution in [1.82, 2.24) is 10.5 Å². The summed E-state index contributed by atoms with van der Waals surface area (Å²) < 4.78 is 10.7. The number of hydrogen-bond donors (Lipinski definition) is 2. The molecular weight excluding hydrogens is 306 g/mol. The quantitative estimate of drug-likeness (QED) is 0.825. The Kier molecular flexibility index (Phi) is 5.56. The first-order valence-electron chi connectivity index (χ1n) is 9.22. The van der Waals surface area contributed by atoms with Gasteiger partial charge in [0.2, 0.25) is 5.91 Å². The SMILES string of the molecule is Cc1noc(C)c1CC(=O)NCC1([NH+]2CCOCC2)CCCCC1. The van der Waals surface area contributed by atoms with E-state index < -0.39 is 0 Å². The van der Waals surface area contributed by atoms with Crippen molar-refractivity contribution in [3.63, 3.8) is 0 Å². The Labute approximate surface area is 143 Å². The van der Waals surface area contributed by atoms with Crippen LogP contribution in [0, 0.1) is 13.8 Å². The summed E-state index contributed by atoms with van der Waals surface area (Å²) in [5, 5.41) is 7.15. The molecule has 1 saturated carbocycles. The number of ether oxygens (including phenoxy) is 1. The first-order valence-corrected chi connectivity index (χ1v) is 9.22. The molecule has 134 valence electrons. The van der Waals surface area contributed by atoms with E-state index in [1.807, 2.05) is 13.8 Å².